The third-order valence-electron chi connectivity index (χ3n) is 4.54. The highest BCUT2D eigenvalue weighted by Gasteiger charge is 2.19. The summed E-state index contributed by atoms with van der Waals surface area (Å²) in [5, 5.41) is 3.81. The van der Waals surface area contributed by atoms with Gasteiger partial charge in [0, 0.05) is 31.3 Å². The van der Waals surface area contributed by atoms with Crippen molar-refractivity contribution in [2.75, 3.05) is 37.5 Å². The lowest BCUT2D eigenvalue weighted by Crippen LogP contribution is -2.35. The van der Waals surface area contributed by atoms with Crippen LogP contribution in [-0.2, 0) is 0 Å². The molecule has 1 aliphatic heterocycles. The Kier molecular flexibility index (Phi) is 5.71. The number of hydrogen-bond acceptors (Lipinski definition) is 6. The zero-order valence-corrected chi connectivity index (χ0v) is 16.4. The van der Waals surface area contributed by atoms with E-state index in [0.717, 1.165) is 30.4 Å². The largest absolute Gasteiger partial charge is 0.495 e. The van der Waals surface area contributed by atoms with E-state index in [0.29, 0.717) is 28.3 Å². The molecule has 0 saturated carbocycles. The van der Waals surface area contributed by atoms with E-state index < -0.39 is 0 Å². The first-order chi connectivity index (χ1) is 12.5. The fraction of sp³-hybridized carbons (Fsp3) is 0.474. The Hall–Kier alpha value is -2.21. The number of hydrogen-bond donors (Lipinski definition) is 1. The van der Waals surface area contributed by atoms with Gasteiger partial charge in [-0.25, -0.2) is 9.97 Å². The van der Waals surface area contributed by atoms with Crippen LogP contribution in [0.5, 0.6) is 11.5 Å². The molecule has 1 saturated heterocycles. The Labute approximate surface area is 159 Å². The van der Waals surface area contributed by atoms with Gasteiger partial charge in [-0.1, -0.05) is 18.5 Å². The van der Waals surface area contributed by atoms with Crippen LogP contribution in [0.4, 0.5) is 17.3 Å². The quantitative estimate of drug-likeness (QED) is 0.832. The molecule has 1 aromatic carbocycles. The molecule has 6 nitrogen and oxygen atoms in total. The van der Waals surface area contributed by atoms with Crippen molar-refractivity contribution < 1.29 is 9.47 Å². The summed E-state index contributed by atoms with van der Waals surface area (Å²) >= 11 is 6.18. The summed E-state index contributed by atoms with van der Waals surface area (Å²) in [6, 6.07) is 5.51. The Morgan fingerprint density at radius 1 is 1.15 bits per heavy atom. The van der Waals surface area contributed by atoms with Gasteiger partial charge in [0.1, 0.15) is 29.0 Å². The van der Waals surface area contributed by atoms with Gasteiger partial charge in [-0.3, -0.25) is 0 Å². The van der Waals surface area contributed by atoms with Crippen molar-refractivity contribution in [2.45, 2.75) is 26.7 Å². The molecule has 3 rings (SSSR count). The topological polar surface area (TPSA) is 59.5 Å². The van der Waals surface area contributed by atoms with Crippen LogP contribution in [0.15, 0.2) is 18.2 Å². The Morgan fingerprint density at radius 2 is 1.92 bits per heavy atom. The van der Waals surface area contributed by atoms with E-state index in [2.05, 4.69) is 27.1 Å². The molecule has 26 heavy (non-hydrogen) atoms. The van der Waals surface area contributed by atoms with Gasteiger partial charge in [-0.15, -0.1) is 0 Å². The standard InChI is InChI=1S/C19H25ClN4O2/c1-12-6-5-7-24(11-12)19-10-18(21-13(2)22-19)23-15-9-16(25-3)14(20)8-17(15)26-4/h8-10,12H,5-7,11H2,1-4H3,(H,21,22,23). The summed E-state index contributed by atoms with van der Waals surface area (Å²) in [6.07, 6.45) is 2.46. The highest BCUT2D eigenvalue weighted by molar-refractivity contribution is 6.32. The number of rotatable bonds is 5. The molecular weight excluding hydrogens is 352 g/mol. The molecule has 1 N–H and O–H groups in total. The maximum Gasteiger partial charge on any atom is 0.144 e. The third kappa shape index (κ3) is 4.12. The van der Waals surface area contributed by atoms with Gasteiger partial charge < -0.3 is 19.7 Å². The van der Waals surface area contributed by atoms with Gasteiger partial charge in [-0.2, -0.15) is 0 Å². The summed E-state index contributed by atoms with van der Waals surface area (Å²) in [6.45, 7) is 6.23. The number of anilines is 3. The number of ether oxygens (including phenoxy) is 2. The minimum Gasteiger partial charge on any atom is -0.495 e. The van der Waals surface area contributed by atoms with Crippen LogP contribution in [0, 0.1) is 12.8 Å². The molecule has 2 heterocycles. The second-order valence-corrected chi connectivity index (χ2v) is 7.07. The van der Waals surface area contributed by atoms with Crippen LogP contribution < -0.4 is 19.7 Å². The number of nitrogens with one attached hydrogen (secondary N) is 1. The van der Waals surface area contributed by atoms with Crippen LogP contribution in [0.2, 0.25) is 5.02 Å². The van der Waals surface area contributed by atoms with E-state index in [1.807, 2.05) is 13.0 Å². The number of methoxy groups -OCH3 is 2. The third-order valence-corrected chi connectivity index (χ3v) is 4.84. The van der Waals surface area contributed by atoms with Crippen LogP contribution in [-0.4, -0.2) is 37.3 Å². The highest BCUT2D eigenvalue weighted by Crippen LogP contribution is 2.37. The monoisotopic (exact) mass is 376 g/mol. The first-order valence-electron chi connectivity index (χ1n) is 8.79. The van der Waals surface area contributed by atoms with Gasteiger partial charge >= 0.3 is 0 Å². The lowest BCUT2D eigenvalue weighted by molar-refractivity contribution is 0.405. The lowest BCUT2D eigenvalue weighted by atomic mass is 10.0. The molecule has 1 aromatic heterocycles. The molecule has 140 valence electrons. The molecule has 7 heteroatoms. The zero-order chi connectivity index (χ0) is 18.7. The van der Waals surface area contributed by atoms with E-state index in [4.69, 9.17) is 21.1 Å². The number of halogens is 1. The van der Waals surface area contributed by atoms with E-state index in [1.165, 1.54) is 12.8 Å². The average Bonchev–Trinajstić information content (AvgIpc) is 2.62. The van der Waals surface area contributed by atoms with Gasteiger partial charge in [0.05, 0.1) is 24.9 Å². The lowest BCUT2D eigenvalue weighted by Gasteiger charge is -2.32. The number of aromatic nitrogens is 2. The molecule has 2 aromatic rings. The van der Waals surface area contributed by atoms with E-state index in [1.54, 1.807) is 26.4 Å². The fourth-order valence-electron chi connectivity index (χ4n) is 3.27. The van der Waals surface area contributed by atoms with Gasteiger partial charge in [0.15, 0.2) is 0 Å². The molecule has 0 amide bonds. The molecular formula is C19H25ClN4O2. The molecule has 0 radical (unpaired) electrons. The molecule has 1 aliphatic rings. The maximum absolute atomic E-state index is 6.18. The fourth-order valence-corrected chi connectivity index (χ4v) is 3.50. The smallest absolute Gasteiger partial charge is 0.144 e. The summed E-state index contributed by atoms with van der Waals surface area (Å²) < 4.78 is 10.7. The first-order valence-corrected chi connectivity index (χ1v) is 9.17. The summed E-state index contributed by atoms with van der Waals surface area (Å²) in [4.78, 5) is 11.5. The Morgan fingerprint density at radius 3 is 2.62 bits per heavy atom. The first kappa shape index (κ1) is 18.6. The molecule has 1 fully saturated rings. The van der Waals surface area contributed by atoms with Crippen molar-refractivity contribution in [2.24, 2.45) is 5.92 Å². The minimum atomic E-state index is 0.497. The van der Waals surface area contributed by atoms with Crippen LogP contribution in [0.1, 0.15) is 25.6 Å². The predicted molar refractivity (Wildman–Crippen MR) is 105 cm³/mol. The van der Waals surface area contributed by atoms with Crippen molar-refractivity contribution in [3.63, 3.8) is 0 Å². The zero-order valence-electron chi connectivity index (χ0n) is 15.7. The number of aryl methyl sites for hydroxylation is 1. The van der Waals surface area contributed by atoms with E-state index in [-0.39, 0.29) is 0 Å². The number of nitrogens with zero attached hydrogens (tertiary/aromatic N) is 3. The second-order valence-electron chi connectivity index (χ2n) is 6.66. The van der Waals surface area contributed by atoms with Crippen molar-refractivity contribution in [3.05, 3.63) is 29.0 Å². The van der Waals surface area contributed by atoms with Crippen LogP contribution >= 0.6 is 11.6 Å². The van der Waals surface area contributed by atoms with Gasteiger partial charge in [0.25, 0.3) is 0 Å². The van der Waals surface area contributed by atoms with Crippen molar-refractivity contribution >= 4 is 28.9 Å². The van der Waals surface area contributed by atoms with E-state index >= 15 is 0 Å². The average molecular weight is 377 g/mol. The van der Waals surface area contributed by atoms with Crippen molar-refractivity contribution in [1.82, 2.24) is 9.97 Å². The SMILES string of the molecule is COc1cc(Nc2cc(N3CCCC(C)C3)nc(C)n2)c(OC)cc1Cl. The number of piperidine rings is 1. The van der Waals surface area contributed by atoms with Crippen molar-refractivity contribution in [3.8, 4) is 11.5 Å². The van der Waals surface area contributed by atoms with Crippen molar-refractivity contribution in [1.29, 1.82) is 0 Å². The van der Waals surface area contributed by atoms with Gasteiger partial charge in [0.2, 0.25) is 0 Å². The van der Waals surface area contributed by atoms with E-state index in [9.17, 15) is 0 Å². The molecule has 0 bridgehead atoms. The normalized spacial score (nSPS) is 17.1. The summed E-state index contributed by atoms with van der Waals surface area (Å²) in [5.74, 6) is 4.27. The molecule has 1 unspecified atom stereocenters. The van der Waals surface area contributed by atoms with Crippen LogP contribution in [0.25, 0.3) is 0 Å². The minimum absolute atomic E-state index is 0.497. The van der Waals surface area contributed by atoms with Crippen LogP contribution in [0.3, 0.4) is 0 Å². The predicted octanol–water partition coefficient (Wildman–Crippen LogP) is 4.44. The molecule has 0 spiro atoms. The Balaban J connectivity index is 1.90. The molecule has 1 atom stereocenters. The summed E-state index contributed by atoms with van der Waals surface area (Å²) in [7, 11) is 3.19. The Bertz CT molecular complexity index is 784. The number of benzene rings is 1. The summed E-state index contributed by atoms with van der Waals surface area (Å²) in [5.41, 5.74) is 0.741. The highest BCUT2D eigenvalue weighted by atomic mass is 35.5. The molecule has 0 aliphatic carbocycles. The second kappa shape index (κ2) is 7.99. The van der Waals surface area contributed by atoms with Gasteiger partial charge in [-0.05, 0) is 25.7 Å². The maximum atomic E-state index is 6.18.